The summed E-state index contributed by atoms with van der Waals surface area (Å²) in [6.07, 6.45) is 1.51. The number of methoxy groups -OCH3 is 1. The monoisotopic (exact) mass is 459 g/mol. The molecular formula is C26H21NO7. The summed E-state index contributed by atoms with van der Waals surface area (Å²) >= 11 is 0. The van der Waals surface area contributed by atoms with Gasteiger partial charge in [0.05, 0.1) is 25.0 Å². The Hall–Kier alpha value is -4.59. The number of anilines is 1. The van der Waals surface area contributed by atoms with E-state index >= 15 is 0 Å². The number of hydrogen-bond acceptors (Lipinski definition) is 7. The van der Waals surface area contributed by atoms with Gasteiger partial charge in [-0.15, -0.1) is 0 Å². The lowest BCUT2D eigenvalue weighted by Gasteiger charge is -2.28. The van der Waals surface area contributed by atoms with Crippen molar-refractivity contribution in [3.8, 4) is 17.2 Å². The largest absolute Gasteiger partial charge is 0.504 e. The van der Waals surface area contributed by atoms with Gasteiger partial charge in [-0.2, -0.15) is 0 Å². The van der Waals surface area contributed by atoms with E-state index in [9.17, 15) is 24.6 Å². The number of aromatic hydroxyl groups is 2. The fourth-order valence-electron chi connectivity index (χ4n) is 3.71. The lowest BCUT2D eigenvalue weighted by Crippen LogP contribution is -2.41. The summed E-state index contributed by atoms with van der Waals surface area (Å²) in [5, 5.41) is 19.9. The number of esters is 1. The van der Waals surface area contributed by atoms with Gasteiger partial charge in [0, 0.05) is 11.1 Å². The van der Waals surface area contributed by atoms with Crippen LogP contribution in [0.1, 0.15) is 38.8 Å². The van der Waals surface area contributed by atoms with Gasteiger partial charge >= 0.3 is 5.97 Å². The van der Waals surface area contributed by atoms with Gasteiger partial charge in [0.2, 0.25) is 5.75 Å². The minimum Gasteiger partial charge on any atom is -0.504 e. The zero-order valence-electron chi connectivity index (χ0n) is 18.4. The molecular weight excluding hydrogens is 438 g/mol. The molecule has 0 fully saturated rings. The normalized spacial score (nSPS) is 14.2. The van der Waals surface area contributed by atoms with Crippen LogP contribution in [0.2, 0.25) is 0 Å². The smallest absolute Gasteiger partial charge is 0.338 e. The third kappa shape index (κ3) is 3.97. The first-order chi connectivity index (χ1) is 16.3. The Balaban J connectivity index is 1.81. The first kappa shape index (κ1) is 22.6. The second-order valence-corrected chi connectivity index (χ2v) is 7.41. The van der Waals surface area contributed by atoms with Gasteiger partial charge in [0.25, 0.3) is 11.8 Å². The number of rotatable bonds is 5. The third-order valence-corrected chi connectivity index (χ3v) is 5.33. The van der Waals surface area contributed by atoms with Crippen LogP contribution in [0.4, 0.5) is 5.69 Å². The lowest BCUT2D eigenvalue weighted by molar-refractivity contribution is -0.112. The van der Waals surface area contributed by atoms with Crippen LogP contribution in [0, 0.1) is 0 Å². The molecule has 8 nitrogen and oxygen atoms in total. The Labute approximate surface area is 195 Å². The number of imide groups is 1. The summed E-state index contributed by atoms with van der Waals surface area (Å²) in [6, 6.07) is 15.4. The Morgan fingerprint density at radius 1 is 0.971 bits per heavy atom. The molecule has 0 saturated heterocycles. The summed E-state index contributed by atoms with van der Waals surface area (Å²) in [7, 11) is 1.34. The Kier molecular flexibility index (Phi) is 6.05. The minimum atomic E-state index is -0.584. The topological polar surface area (TPSA) is 113 Å². The van der Waals surface area contributed by atoms with Gasteiger partial charge in [0.15, 0.2) is 11.5 Å². The van der Waals surface area contributed by atoms with Crippen molar-refractivity contribution in [2.24, 2.45) is 0 Å². The van der Waals surface area contributed by atoms with Crippen LogP contribution < -0.4 is 9.64 Å². The van der Waals surface area contributed by atoms with Crippen molar-refractivity contribution in [2.45, 2.75) is 6.92 Å². The van der Waals surface area contributed by atoms with Gasteiger partial charge in [-0.3, -0.25) is 9.59 Å². The maximum absolute atomic E-state index is 13.5. The molecule has 0 bridgehead atoms. The molecule has 8 heteroatoms. The second-order valence-electron chi connectivity index (χ2n) is 7.41. The fraction of sp³-hybridized carbons (Fsp3) is 0.115. The molecule has 3 aromatic rings. The number of amides is 2. The van der Waals surface area contributed by atoms with E-state index in [1.54, 1.807) is 31.2 Å². The Morgan fingerprint density at radius 2 is 1.65 bits per heavy atom. The number of carbonyl (C=O) groups excluding carboxylic acids is 3. The van der Waals surface area contributed by atoms with Crippen LogP contribution in [-0.2, 0) is 9.53 Å². The van der Waals surface area contributed by atoms with Crippen LogP contribution in [0.5, 0.6) is 17.2 Å². The predicted molar refractivity (Wildman–Crippen MR) is 125 cm³/mol. The van der Waals surface area contributed by atoms with Crippen molar-refractivity contribution in [2.75, 3.05) is 18.6 Å². The average molecular weight is 459 g/mol. The first-order valence-electron chi connectivity index (χ1n) is 10.4. The van der Waals surface area contributed by atoms with Gasteiger partial charge in [-0.05, 0) is 66.6 Å². The van der Waals surface area contributed by atoms with E-state index in [-0.39, 0.29) is 23.6 Å². The molecule has 3 aromatic carbocycles. The summed E-state index contributed by atoms with van der Waals surface area (Å²) in [4.78, 5) is 39.8. The number of ether oxygens (including phenoxy) is 2. The van der Waals surface area contributed by atoms with E-state index in [1.165, 1.54) is 49.6 Å². The van der Waals surface area contributed by atoms with Crippen molar-refractivity contribution >= 4 is 35.1 Å². The van der Waals surface area contributed by atoms with Gasteiger partial charge in [0.1, 0.15) is 0 Å². The molecule has 2 N–H and O–H groups in total. The predicted octanol–water partition coefficient (Wildman–Crippen LogP) is 4.01. The van der Waals surface area contributed by atoms with Crippen LogP contribution in [-0.4, -0.2) is 41.7 Å². The highest BCUT2D eigenvalue weighted by molar-refractivity contribution is 6.43. The quantitative estimate of drug-likeness (QED) is 0.256. The number of hydrogen-bond donors (Lipinski definition) is 2. The molecule has 0 aromatic heterocycles. The Bertz CT molecular complexity index is 1330. The number of fused-ring (bicyclic) bond motifs is 1. The number of phenolic OH excluding ortho intramolecular Hbond substituents is 2. The molecule has 0 radical (unpaired) electrons. The van der Waals surface area contributed by atoms with Crippen LogP contribution in [0.25, 0.3) is 11.6 Å². The molecule has 0 aliphatic carbocycles. The van der Waals surface area contributed by atoms with Crippen molar-refractivity contribution in [1.82, 2.24) is 0 Å². The van der Waals surface area contributed by atoms with Crippen molar-refractivity contribution in [1.29, 1.82) is 0 Å². The highest BCUT2D eigenvalue weighted by Gasteiger charge is 2.36. The van der Waals surface area contributed by atoms with Crippen molar-refractivity contribution < 1.29 is 34.1 Å². The molecule has 1 heterocycles. The number of nitrogens with zero attached hydrogens (tertiary/aromatic N) is 1. The summed E-state index contributed by atoms with van der Waals surface area (Å²) in [6.45, 7) is 1.93. The molecule has 0 atom stereocenters. The fourth-order valence-corrected chi connectivity index (χ4v) is 3.71. The van der Waals surface area contributed by atoms with E-state index in [0.29, 0.717) is 22.3 Å². The van der Waals surface area contributed by atoms with Crippen LogP contribution in [0.15, 0.2) is 60.7 Å². The highest BCUT2D eigenvalue weighted by Crippen LogP contribution is 2.39. The zero-order chi connectivity index (χ0) is 24.4. The molecule has 4 rings (SSSR count). The summed E-state index contributed by atoms with van der Waals surface area (Å²) in [5.74, 6) is -2.39. The number of phenols is 2. The standard InChI is InChI=1S/C26H21NO7/c1-3-34-26(32)16-8-10-17(11-9-16)27-24(30)19-7-5-4-6-18(19)20(25(27)31)12-15-13-21(28)23(29)22(14-15)33-2/h4-14,28-29H,3H2,1-2H3/b20-12-. The lowest BCUT2D eigenvalue weighted by atomic mass is 9.91. The molecule has 1 aliphatic rings. The van der Waals surface area contributed by atoms with Crippen LogP contribution in [0.3, 0.4) is 0 Å². The van der Waals surface area contributed by atoms with Gasteiger partial charge < -0.3 is 19.7 Å². The molecule has 0 saturated carbocycles. The maximum Gasteiger partial charge on any atom is 0.338 e. The zero-order valence-corrected chi connectivity index (χ0v) is 18.4. The Morgan fingerprint density at radius 3 is 2.29 bits per heavy atom. The third-order valence-electron chi connectivity index (χ3n) is 5.33. The first-order valence-corrected chi connectivity index (χ1v) is 10.4. The molecule has 2 amide bonds. The van der Waals surface area contributed by atoms with E-state index < -0.39 is 29.3 Å². The van der Waals surface area contributed by atoms with Crippen LogP contribution >= 0.6 is 0 Å². The minimum absolute atomic E-state index is 0.0332. The molecule has 1 aliphatic heterocycles. The average Bonchev–Trinajstić information content (AvgIpc) is 2.84. The molecule has 0 unspecified atom stereocenters. The number of benzene rings is 3. The van der Waals surface area contributed by atoms with E-state index in [4.69, 9.17) is 9.47 Å². The number of carbonyl (C=O) groups is 3. The van der Waals surface area contributed by atoms with Gasteiger partial charge in [-0.25, -0.2) is 9.69 Å². The molecule has 172 valence electrons. The SMILES string of the molecule is CCOC(=O)c1ccc(N2C(=O)/C(=C\c3cc(O)c(O)c(OC)c3)c3ccccc3C2=O)cc1. The summed E-state index contributed by atoms with van der Waals surface area (Å²) < 4.78 is 10.1. The van der Waals surface area contributed by atoms with Crippen molar-refractivity contribution in [3.63, 3.8) is 0 Å². The molecule has 34 heavy (non-hydrogen) atoms. The van der Waals surface area contributed by atoms with E-state index in [1.807, 2.05) is 0 Å². The maximum atomic E-state index is 13.5. The highest BCUT2D eigenvalue weighted by atomic mass is 16.5. The van der Waals surface area contributed by atoms with E-state index in [0.717, 1.165) is 4.90 Å². The van der Waals surface area contributed by atoms with Crippen molar-refractivity contribution in [3.05, 3.63) is 82.9 Å². The van der Waals surface area contributed by atoms with E-state index in [2.05, 4.69) is 0 Å². The molecule has 0 spiro atoms. The summed E-state index contributed by atoms with van der Waals surface area (Å²) in [5.41, 5.74) is 1.93. The van der Waals surface area contributed by atoms with Gasteiger partial charge in [-0.1, -0.05) is 18.2 Å². The second kappa shape index (κ2) is 9.11.